The third-order valence-corrected chi connectivity index (χ3v) is 3.84. The summed E-state index contributed by atoms with van der Waals surface area (Å²) in [6, 6.07) is 9.08. The number of carbonyl (C=O) groups is 2. The van der Waals surface area contributed by atoms with Crippen LogP contribution in [0.15, 0.2) is 34.9 Å². The lowest BCUT2D eigenvalue weighted by Crippen LogP contribution is -2.30. The van der Waals surface area contributed by atoms with Gasteiger partial charge in [0.05, 0.1) is 5.69 Å². The molecule has 0 bridgehead atoms. The first-order chi connectivity index (χ1) is 11.4. The molecule has 0 aliphatic rings. The molecule has 24 heavy (non-hydrogen) atoms. The van der Waals surface area contributed by atoms with Crippen molar-refractivity contribution in [2.24, 2.45) is 0 Å². The number of esters is 1. The fraction of sp³-hybridized carbons (Fsp3) is 0.389. The van der Waals surface area contributed by atoms with Crippen LogP contribution in [-0.4, -0.2) is 23.1 Å². The van der Waals surface area contributed by atoms with Gasteiger partial charge in [0.2, 0.25) is 5.76 Å². The molecule has 1 heterocycles. The minimum absolute atomic E-state index is 0.0212. The SMILES string of the molecule is CC[C@H](C)c1ccccc1NC(=O)[C@@H](C)OC(=O)c1cc(C)no1. The number of aryl methyl sites for hydroxylation is 1. The van der Waals surface area contributed by atoms with Crippen LogP contribution in [0, 0.1) is 6.92 Å². The molecule has 6 nitrogen and oxygen atoms in total. The van der Waals surface area contributed by atoms with Gasteiger partial charge in [-0.15, -0.1) is 0 Å². The van der Waals surface area contributed by atoms with Crippen molar-refractivity contribution in [3.8, 4) is 0 Å². The minimum Gasteiger partial charge on any atom is -0.447 e. The maximum Gasteiger partial charge on any atom is 0.377 e. The summed E-state index contributed by atoms with van der Waals surface area (Å²) in [5.41, 5.74) is 2.36. The van der Waals surface area contributed by atoms with Gasteiger partial charge in [-0.05, 0) is 37.8 Å². The molecule has 128 valence electrons. The molecule has 0 fully saturated rings. The number of amides is 1. The Morgan fingerprint density at radius 3 is 2.62 bits per heavy atom. The van der Waals surface area contributed by atoms with E-state index in [0.717, 1.165) is 17.7 Å². The van der Waals surface area contributed by atoms with Crippen molar-refractivity contribution in [1.29, 1.82) is 0 Å². The molecule has 0 spiro atoms. The summed E-state index contributed by atoms with van der Waals surface area (Å²) in [6.07, 6.45) is 0.00956. The number of aromatic nitrogens is 1. The van der Waals surface area contributed by atoms with E-state index in [2.05, 4.69) is 24.3 Å². The number of hydrogen-bond donors (Lipinski definition) is 1. The van der Waals surface area contributed by atoms with Crippen molar-refractivity contribution in [3.05, 3.63) is 47.3 Å². The third-order valence-electron chi connectivity index (χ3n) is 3.84. The minimum atomic E-state index is -0.951. The van der Waals surface area contributed by atoms with E-state index in [4.69, 9.17) is 9.26 Å². The summed E-state index contributed by atoms with van der Waals surface area (Å²) in [7, 11) is 0. The Morgan fingerprint density at radius 1 is 1.29 bits per heavy atom. The highest BCUT2D eigenvalue weighted by Crippen LogP contribution is 2.26. The molecule has 0 saturated carbocycles. The van der Waals surface area contributed by atoms with Crippen LogP contribution < -0.4 is 5.32 Å². The van der Waals surface area contributed by atoms with Gasteiger partial charge < -0.3 is 14.6 Å². The van der Waals surface area contributed by atoms with Gasteiger partial charge in [0, 0.05) is 11.8 Å². The zero-order chi connectivity index (χ0) is 17.7. The van der Waals surface area contributed by atoms with Gasteiger partial charge in [0.25, 0.3) is 5.91 Å². The van der Waals surface area contributed by atoms with E-state index in [9.17, 15) is 9.59 Å². The molecule has 6 heteroatoms. The monoisotopic (exact) mass is 330 g/mol. The summed E-state index contributed by atoms with van der Waals surface area (Å²) < 4.78 is 9.96. The molecule has 2 atom stereocenters. The number of hydrogen-bond acceptors (Lipinski definition) is 5. The van der Waals surface area contributed by atoms with Crippen LogP contribution in [0.2, 0.25) is 0 Å². The van der Waals surface area contributed by atoms with Crippen LogP contribution in [0.25, 0.3) is 0 Å². The highest BCUT2D eigenvalue weighted by molar-refractivity contribution is 5.97. The topological polar surface area (TPSA) is 81.4 Å². The normalized spacial score (nSPS) is 13.2. The quantitative estimate of drug-likeness (QED) is 0.817. The van der Waals surface area contributed by atoms with Crippen LogP contribution >= 0.6 is 0 Å². The molecule has 1 N–H and O–H groups in total. The Morgan fingerprint density at radius 2 is 2.00 bits per heavy atom. The van der Waals surface area contributed by atoms with E-state index in [1.54, 1.807) is 6.92 Å². The molecule has 0 unspecified atom stereocenters. The van der Waals surface area contributed by atoms with Gasteiger partial charge in [0.1, 0.15) is 0 Å². The number of benzene rings is 1. The summed E-state index contributed by atoms with van der Waals surface area (Å²) in [6.45, 7) is 7.40. The first-order valence-corrected chi connectivity index (χ1v) is 7.96. The molecule has 0 saturated heterocycles. The second kappa shape index (κ2) is 7.77. The molecule has 1 aromatic carbocycles. The summed E-state index contributed by atoms with van der Waals surface area (Å²) in [4.78, 5) is 24.2. The Balaban J connectivity index is 2.03. The molecule has 2 rings (SSSR count). The average Bonchev–Trinajstić information content (AvgIpc) is 3.01. The number of rotatable bonds is 6. The number of ether oxygens (including phenoxy) is 1. The Bertz CT molecular complexity index is 723. The van der Waals surface area contributed by atoms with Gasteiger partial charge in [0.15, 0.2) is 6.10 Å². The number of nitrogens with zero attached hydrogens (tertiary/aromatic N) is 1. The fourth-order valence-corrected chi connectivity index (χ4v) is 2.23. The van der Waals surface area contributed by atoms with Crippen LogP contribution in [0.1, 0.15) is 54.9 Å². The molecule has 0 aliphatic carbocycles. The standard InChI is InChI=1S/C18H22N2O4/c1-5-11(2)14-8-6-7-9-15(14)19-17(21)13(4)23-18(22)16-10-12(3)20-24-16/h6-11,13H,5H2,1-4H3,(H,19,21)/t11-,13+/m0/s1. The Kier molecular flexibility index (Phi) is 5.73. The van der Waals surface area contributed by atoms with Crippen LogP contribution in [-0.2, 0) is 9.53 Å². The van der Waals surface area contributed by atoms with Crippen LogP contribution in [0.4, 0.5) is 5.69 Å². The second-order valence-corrected chi connectivity index (χ2v) is 5.77. The van der Waals surface area contributed by atoms with E-state index < -0.39 is 18.0 Å². The van der Waals surface area contributed by atoms with E-state index in [0.29, 0.717) is 11.6 Å². The zero-order valence-corrected chi connectivity index (χ0v) is 14.3. The number of para-hydroxylation sites is 1. The van der Waals surface area contributed by atoms with Crippen LogP contribution in [0.3, 0.4) is 0 Å². The van der Waals surface area contributed by atoms with Crippen molar-refractivity contribution in [2.45, 2.75) is 46.1 Å². The lowest BCUT2D eigenvalue weighted by molar-refractivity contribution is -0.123. The maximum absolute atomic E-state index is 12.3. The summed E-state index contributed by atoms with van der Waals surface area (Å²) in [5.74, 6) is -0.813. The van der Waals surface area contributed by atoms with Crippen molar-refractivity contribution in [2.75, 3.05) is 5.32 Å². The average molecular weight is 330 g/mol. The van der Waals surface area contributed by atoms with Crippen molar-refractivity contribution >= 4 is 17.6 Å². The van der Waals surface area contributed by atoms with E-state index in [-0.39, 0.29) is 5.76 Å². The van der Waals surface area contributed by atoms with Gasteiger partial charge in [-0.1, -0.05) is 37.2 Å². The third kappa shape index (κ3) is 4.22. The highest BCUT2D eigenvalue weighted by atomic mass is 16.6. The molecule has 1 aromatic heterocycles. The molecular formula is C18H22N2O4. The zero-order valence-electron chi connectivity index (χ0n) is 14.3. The predicted molar refractivity (Wildman–Crippen MR) is 89.9 cm³/mol. The van der Waals surface area contributed by atoms with E-state index in [1.165, 1.54) is 13.0 Å². The lowest BCUT2D eigenvalue weighted by Gasteiger charge is -2.17. The Hall–Kier alpha value is -2.63. The number of nitrogens with one attached hydrogen (secondary N) is 1. The molecule has 1 amide bonds. The first-order valence-electron chi connectivity index (χ1n) is 7.96. The first kappa shape index (κ1) is 17.7. The summed E-state index contributed by atoms with van der Waals surface area (Å²) >= 11 is 0. The van der Waals surface area contributed by atoms with Crippen molar-refractivity contribution in [3.63, 3.8) is 0 Å². The van der Waals surface area contributed by atoms with Gasteiger partial charge >= 0.3 is 5.97 Å². The number of carbonyl (C=O) groups excluding carboxylic acids is 2. The van der Waals surface area contributed by atoms with Gasteiger partial charge in [-0.3, -0.25) is 4.79 Å². The van der Waals surface area contributed by atoms with Crippen molar-refractivity contribution < 1.29 is 18.8 Å². The largest absolute Gasteiger partial charge is 0.447 e. The highest BCUT2D eigenvalue weighted by Gasteiger charge is 2.22. The van der Waals surface area contributed by atoms with E-state index >= 15 is 0 Å². The van der Waals surface area contributed by atoms with E-state index in [1.807, 2.05) is 24.3 Å². The molecule has 0 radical (unpaired) electrons. The lowest BCUT2D eigenvalue weighted by atomic mass is 9.97. The van der Waals surface area contributed by atoms with Gasteiger partial charge in [-0.2, -0.15) is 0 Å². The van der Waals surface area contributed by atoms with Crippen LogP contribution in [0.5, 0.6) is 0 Å². The maximum atomic E-state index is 12.3. The number of anilines is 1. The molecule has 0 aliphatic heterocycles. The Labute approximate surface area is 141 Å². The molecular weight excluding hydrogens is 308 g/mol. The molecule has 2 aromatic rings. The van der Waals surface area contributed by atoms with Gasteiger partial charge in [-0.25, -0.2) is 4.79 Å². The second-order valence-electron chi connectivity index (χ2n) is 5.77. The summed E-state index contributed by atoms with van der Waals surface area (Å²) in [5, 5.41) is 6.45. The van der Waals surface area contributed by atoms with Crippen molar-refractivity contribution in [1.82, 2.24) is 5.16 Å². The smallest absolute Gasteiger partial charge is 0.377 e. The fourth-order valence-electron chi connectivity index (χ4n) is 2.23. The predicted octanol–water partition coefficient (Wildman–Crippen LogP) is 3.68.